The molecule has 1 aliphatic rings. The number of anilines is 1. The molecule has 20 heteroatoms. The Kier molecular flexibility index (Phi) is 21.1. The Bertz CT molecular complexity index is 2010. The van der Waals surface area contributed by atoms with E-state index < -0.39 is 81.0 Å². The summed E-state index contributed by atoms with van der Waals surface area (Å²) in [7, 11) is -2.84. The number of hydrogen-bond donors (Lipinski definition) is 7. The summed E-state index contributed by atoms with van der Waals surface area (Å²) in [4.78, 5) is 95.4. The second kappa shape index (κ2) is 24.5. The van der Waals surface area contributed by atoms with Gasteiger partial charge in [0, 0.05) is 30.9 Å². The maximum absolute atomic E-state index is 14.2. The standard InChI is InChI=1S/C46H77N9O10S/c1-27(2)35(54(14)42(60)37(45(8,9)10)52-40(58)34-19-15-16-25-55(34)29(5)6)26-30(7)38(56)53-66(63,64)32-22-20-31(21-23-32)49-39(57)33(18-17-24-48-43(47)61)50-41(59)36(28(3)4)51-44(62)65-46(11,12)13/h20-23,26-29,33-37H,15-19,24-25H2,1-14H3,(H,49,57)(H,50,59)(H,51,62)(H,52,58)(H,53,56)(H3,47,48,61). The van der Waals surface area contributed by atoms with Crippen LogP contribution in [0.15, 0.2) is 40.8 Å². The van der Waals surface area contributed by atoms with E-state index in [1.54, 1.807) is 41.7 Å². The lowest BCUT2D eigenvalue weighted by molar-refractivity contribution is -0.142. The summed E-state index contributed by atoms with van der Waals surface area (Å²) in [5.74, 6) is -3.42. The summed E-state index contributed by atoms with van der Waals surface area (Å²) < 4.78 is 34.3. The van der Waals surface area contributed by atoms with Gasteiger partial charge >= 0.3 is 12.1 Å². The molecule has 0 aromatic heterocycles. The molecule has 1 aliphatic heterocycles. The minimum Gasteiger partial charge on any atom is -0.444 e. The van der Waals surface area contributed by atoms with Crippen LogP contribution in [-0.4, -0.2) is 122 Å². The fourth-order valence-corrected chi connectivity index (χ4v) is 8.42. The minimum atomic E-state index is -4.44. The molecule has 0 bridgehead atoms. The second-order valence-electron chi connectivity index (χ2n) is 20.0. The minimum absolute atomic E-state index is 0.0343. The number of likely N-dealkylation sites (N-methyl/N-ethyl adjacent to an activating group) is 1. The number of nitrogens with one attached hydrogen (secondary N) is 6. The molecule has 0 spiro atoms. The number of amides is 8. The van der Waals surface area contributed by atoms with Crippen molar-refractivity contribution in [3.05, 3.63) is 35.9 Å². The number of carbonyl (C=O) groups excluding carboxylic acids is 7. The van der Waals surface area contributed by atoms with Gasteiger partial charge in [-0.2, -0.15) is 0 Å². The first-order valence-electron chi connectivity index (χ1n) is 22.7. The lowest BCUT2D eigenvalue weighted by Crippen LogP contribution is -2.60. The van der Waals surface area contributed by atoms with Crippen molar-refractivity contribution in [2.75, 3.05) is 25.5 Å². The molecule has 5 unspecified atom stereocenters. The van der Waals surface area contributed by atoms with Gasteiger partial charge in [-0.3, -0.25) is 28.9 Å². The average molecular weight is 948 g/mol. The highest BCUT2D eigenvalue weighted by Gasteiger charge is 2.40. The topological polar surface area (TPSA) is 268 Å². The third-order valence-electron chi connectivity index (χ3n) is 11.0. The van der Waals surface area contributed by atoms with Crippen molar-refractivity contribution in [1.29, 1.82) is 0 Å². The number of nitrogens with zero attached hydrogens (tertiary/aromatic N) is 2. The Labute approximate surface area is 391 Å². The lowest BCUT2D eigenvalue weighted by Gasteiger charge is -2.41. The van der Waals surface area contributed by atoms with E-state index in [1.165, 1.54) is 42.2 Å². The number of urea groups is 1. The van der Waals surface area contributed by atoms with Gasteiger partial charge in [-0.15, -0.1) is 0 Å². The second-order valence-corrected chi connectivity index (χ2v) is 21.7. The highest BCUT2D eigenvalue weighted by molar-refractivity contribution is 7.90. The van der Waals surface area contributed by atoms with E-state index in [4.69, 9.17) is 10.5 Å². The summed E-state index contributed by atoms with van der Waals surface area (Å²) in [6.45, 7) is 24.2. The zero-order chi connectivity index (χ0) is 50.5. The smallest absolute Gasteiger partial charge is 0.408 e. The van der Waals surface area contributed by atoms with Crippen molar-refractivity contribution in [2.45, 2.75) is 169 Å². The van der Waals surface area contributed by atoms with Gasteiger partial charge in [-0.05, 0) is 115 Å². The normalized spacial score (nSPS) is 16.9. The van der Waals surface area contributed by atoms with Crippen molar-refractivity contribution < 1.29 is 46.7 Å². The number of ether oxygens (including phenoxy) is 1. The first-order valence-corrected chi connectivity index (χ1v) is 24.2. The van der Waals surface area contributed by atoms with E-state index in [-0.39, 0.29) is 65.4 Å². The van der Waals surface area contributed by atoms with Gasteiger partial charge in [0.05, 0.1) is 17.0 Å². The Morgan fingerprint density at radius 1 is 0.879 bits per heavy atom. The van der Waals surface area contributed by atoms with Crippen molar-refractivity contribution in [3.8, 4) is 0 Å². The van der Waals surface area contributed by atoms with E-state index >= 15 is 0 Å². The van der Waals surface area contributed by atoms with Crippen molar-refractivity contribution in [2.24, 2.45) is 23.0 Å². The number of rotatable bonds is 20. The summed E-state index contributed by atoms with van der Waals surface area (Å²) in [5, 5.41) is 13.3. The predicted octanol–water partition coefficient (Wildman–Crippen LogP) is 4.14. The number of likely N-dealkylation sites (tertiary alicyclic amines) is 1. The summed E-state index contributed by atoms with van der Waals surface area (Å²) in [5.41, 5.74) is 3.88. The van der Waals surface area contributed by atoms with Crippen LogP contribution in [0.1, 0.15) is 122 Å². The van der Waals surface area contributed by atoms with Gasteiger partial charge in [-0.1, -0.05) is 61.0 Å². The van der Waals surface area contributed by atoms with Crippen molar-refractivity contribution in [1.82, 2.24) is 35.8 Å². The molecule has 0 radical (unpaired) electrons. The van der Waals surface area contributed by atoms with Gasteiger partial charge in [0.2, 0.25) is 23.6 Å². The zero-order valence-electron chi connectivity index (χ0n) is 41.4. The first-order chi connectivity index (χ1) is 30.4. The zero-order valence-corrected chi connectivity index (χ0v) is 42.2. The molecule has 0 aliphatic carbocycles. The number of hydrogen-bond acceptors (Lipinski definition) is 11. The maximum atomic E-state index is 14.2. The van der Waals surface area contributed by atoms with Crippen molar-refractivity contribution in [3.63, 3.8) is 0 Å². The van der Waals surface area contributed by atoms with Crippen LogP contribution >= 0.6 is 0 Å². The molecule has 8 amide bonds. The van der Waals surface area contributed by atoms with Crippen LogP contribution in [-0.2, 0) is 38.7 Å². The maximum Gasteiger partial charge on any atom is 0.408 e. The number of alkyl carbamates (subject to hydrolysis) is 1. The molecule has 372 valence electrons. The fourth-order valence-electron chi connectivity index (χ4n) is 7.40. The Balaban J connectivity index is 2.25. The van der Waals surface area contributed by atoms with Gasteiger partial charge in [0.25, 0.3) is 15.9 Å². The van der Waals surface area contributed by atoms with E-state index in [9.17, 15) is 42.0 Å². The van der Waals surface area contributed by atoms with Crippen LogP contribution in [0.3, 0.4) is 0 Å². The van der Waals surface area contributed by atoms with Crippen LogP contribution in [0.4, 0.5) is 15.3 Å². The molecule has 66 heavy (non-hydrogen) atoms. The summed E-state index contributed by atoms with van der Waals surface area (Å²) in [6.07, 6.45) is 3.61. The quantitative estimate of drug-likeness (QED) is 0.0722. The molecule has 1 aromatic rings. The molecule has 5 atom stereocenters. The largest absolute Gasteiger partial charge is 0.444 e. The molecule has 19 nitrogen and oxygen atoms in total. The van der Waals surface area contributed by atoms with E-state index in [0.29, 0.717) is 6.42 Å². The molecule has 0 saturated carbocycles. The number of primary amides is 1. The Morgan fingerprint density at radius 3 is 2.00 bits per heavy atom. The third-order valence-corrected chi connectivity index (χ3v) is 12.4. The molecular weight excluding hydrogens is 871 g/mol. The number of benzene rings is 1. The predicted molar refractivity (Wildman–Crippen MR) is 253 cm³/mol. The fraction of sp³-hybridized carbons (Fsp3) is 0.674. The first kappa shape index (κ1) is 56.9. The number of carbonyl (C=O) groups is 7. The lowest BCUT2D eigenvalue weighted by atomic mass is 9.84. The number of piperidine rings is 1. The molecular formula is C46H77N9O10S. The molecule has 1 aromatic carbocycles. The van der Waals surface area contributed by atoms with Gasteiger partial charge in [0.1, 0.15) is 23.7 Å². The summed E-state index contributed by atoms with van der Waals surface area (Å²) >= 11 is 0. The third kappa shape index (κ3) is 17.9. The monoisotopic (exact) mass is 948 g/mol. The Morgan fingerprint density at radius 2 is 1.48 bits per heavy atom. The van der Waals surface area contributed by atoms with Gasteiger partial charge < -0.3 is 42.0 Å². The molecule has 1 heterocycles. The number of nitrogens with two attached hydrogens (primary N) is 1. The van der Waals surface area contributed by atoms with Crippen LogP contribution in [0.5, 0.6) is 0 Å². The SMILES string of the molecule is CC(=CC(C(C)C)N(C)C(=O)C(NC(=O)C1CCCCN1C(C)C)C(C)(C)C)C(=O)NS(=O)(=O)c1ccc(NC(=O)C(CCCNC(N)=O)NC(=O)C(NC(=O)OC(C)(C)C)C(C)C)cc1. The van der Waals surface area contributed by atoms with Gasteiger partial charge in [0.15, 0.2) is 0 Å². The molecule has 1 saturated heterocycles. The van der Waals surface area contributed by atoms with E-state index in [1.807, 2.05) is 48.5 Å². The Hall–Kier alpha value is -5.24. The van der Waals surface area contributed by atoms with Gasteiger partial charge in [-0.25, -0.2) is 22.7 Å². The van der Waals surface area contributed by atoms with E-state index in [2.05, 4.69) is 36.2 Å². The highest BCUT2D eigenvalue weighted by Crippen LogP contribution is 2.26. The average Bonchev–Trinajstić information content (AvgIpc) is 3.19. The van der Waals surface area contributed by atoms with E-state index in [0.717, 1.165) is 19.4 Å². The summed E-state index contributed by atoms with van der Waals surface area (Å²) in [6, 6.07) is 0.262. The molecule has 1 fully saturated rings. The van der Waals surface area contributed by atoms with Crippen molar-refractivity contribution >= 4 is 57.4 Å². The van der Waals surface area contributed by atoms with Crippen LogP contribution in [0.25, 0.3) is 0 Å². The van der Waals surface area contributed by atoms with Crippen LogP contribution in [0, 0.1) is 17.3 Å². The molecule has 8 N–H and O–H groups in total. The van der Waals surface area contributed by atoms with Crippen LogP contribution < -0.4 is 37.0 Å². The molecule has 2 rings (SSSR count). The van der Waals surface area contributed by atoms with Crippen LogP contribution in [0.2, 0.25) is 0 Å². The highest BCUT2D eigenvalue weighted by atomic mass is 32.2. The number of sulfonamides is 1.